The number of anilines is 1. The largest absolute Gasteiger partial charge is 0.478 e. The molecular formula is C13H19ClN2O4S. The Morgan fingerprint density at radius 1 is 1.38 bits per heavy atom. The molecule has 0 aliphatic carbocycles. The van der Waals surface area contributed by atoms with Crippen molar-refractivity contribution in [3.05, 3.63) is 22.7 Å². The molecule has 0 atom stereocenters. The molecular weight excluding hydrogens is 316 g/mol. The Morgan fingerprint density at radius 3 is 2.38 bits per heavy atom. The van der Waals surface area contributed by atoms with Gasteiger partial charge in [0.15, 0.2) is 0 Å². The van der Waals surface area contributed by atoms with Gasteiger partial charge < -0.3 is 10.4 Å². The van der Waals surface area contributed by atoms with Gasteiger partial charge in [-0.25, -0.2) is 17.5 Å². The number of rotatable bonds is 6. The van der Waals surface area contributed by atoms with Crippen molar-refractivity contribution in [2.45, 2.75) is 18.7 Å². The maximum atomic E-state index is 12.1. The molecule has 0 heterocycles. The van der Waals surface area contributed by atoms with Crippen molar-refractivity contribution in [1.29, 1.82) is 0 Å². The minimum Gasteiger partial charge on any atom is -0.478 e. The quantitative estimate of drug-likeness (QED) is 0.834. The molecule has 0 unspecified atom stereocenters. The molecule has 0 fully saturated rings. The van der Waals surface area contributed by atoms with Gasteiger partial charge in [-0.2, -0.15) is 0 Å². The molecule has 1 aromatic rings. The maximum absolute atomic E-state index is 12.1. The zero-order valence-corrected chi connectivity index (χ0v) is 13.9. The summed E-state index contributed by atoms with van der Waals surface area (Å²) in [7, 11) is -1.09. The van der Waals surface area contributed by atoms with E-state index in [1.807, 2.05) is 13.8 Å². The summed E-state index contributed by atoms with van der Waals surface area (Å²) in [6.07, 6.45) is 0. The Hall–Kier alpha value is -1.31. The third-order valence-electron chi connectivity index (χ3n) is 2.76. The number of carboxylic acids is 1. The first kappa shape index (κ1) is 17.7. The van der Waals surface area contributed by atoms with Crippen molar-refractivity contribution in [2.75, 3.05) is 26.0 Å². The van der Waals surface area contributed by atoms with Crippen LogP contribution in [0.25, 0.3) is 0 Å². The number of aromatic carboxylic acids is 1. The fourth-order valence-electron chi connectivity index (χ4n) is 1.59. The van der Waals surface area contributed by atoms with Crippen LogP contribution in [0.3, 0.4) is 0 Å². The Morgan fingerprint density at radius 2 is 1.95 bits per heavy atom. The van der Waals surface area contributed by atoms with Crippen molar-refractivity contribution in [3.8, 4) is 0 Å². The van der Waals surface area contributed by atoms with Crippen LogP contribution in [0.4, 0.5) is 5.69 Å². The number of sulfonamides is 1. The number of carbonyl (C=O) groups is 1. The zero-order valence-electron chi connectivity index (χ0n) is 12.3. The van der Waals surface area contributed by atoms with Gasteiger partial charge in [0.25, 0.3) is 0 Å². The van der Waals surface area contributed by atoms with Gasteiger partial charge in [0.05, 0.1) is 16.3 Å². The Kier molecular flexibility index (Phi) is 5.61. The van der Waals surface area contributed by atoms with Crippen LogP contribution in [0.5, 0.6) is 0 Å². The predicted molar refractivity (Wildman–Crippen MR) is 82.6 cm³/mol. The number of hydrogen-bond acceptors (Lipinski definition) is 4. The smallest absolute Gasteiger partial charge is 0.337 e. The van der Waals surface area contributed by atoms with Crippen LogP contribution in [0.1, 0.15) is 24.2 Å². The second-order valence-corrected chi connectivity index (χ2v) is 7.72. The van der Waals surface area contributed by atoms with Gasteiger partial charge in [-0.05, 0) is 18.1 Å². The number of carboxylic acid groups (broad SMARTS) is 1. The Balaban J connectivity index is 3.41. The summed E-state index contributed by atoms with van der Waals surface area (Å²) in [5, 5.41) is 12.2. The van der Waals surface area contributed by atoms with Crippen molar-refractivity contribution in [2.24, 2.45) is 5.92 Å². The molecule has 1 rings (SSSR count). The summed E-state index contributed by atoms with van der Waals surface area (Å²) in [6, 6.07) is 2.42. The summed E-state index contributed by atoms with van der Waals surface area (Å²) in [6.45, 7) is 4.50. The standard InChI is InChI=1S/C13H19ClN2O4S/c1-8(2)7-15-11-6-10(14)12(5-9(11)13(17)18)21(19,20)16(3)4/h5-6,8,15H,7H2,1-4H3,(H,17,18). The molecule has 0 saturated heterocycles. The lowest BCUT2D eigenvalue weighted by atomic mass is 10.1. The van der Waals surface area contributed by atoms with Gasteiger partial charge in [0.2, 0.25) is 10.0 Å². The minimum absolute atomic E-state index is 0.0139. The third kappa shape index (κ3) is 4.09. The Labute approximate surface area is 129 Å². The van der Waals surface area contributed by atoms with E-state index in [0.29, 0.717) is 18.2 Å². The molecule has 0 bridgehead atoms. The molecule has 0 amide bonds. The van der Waals surface area contributed by atoms with Crippen molar-refractivity contribution >= 4 is 33.3 Å². The van der Waals surface area contributed by atoms with Gasteiger partial charge in [-0.3, -0.25) is 0 Å². The first-order chi connectivity index (χ1) is 9.57. The second kappa shape index (κ2) is 6.64. The normalized spacial score (nSPS) is 12.0. The van der Waals surface area contributed by atoms with Gasteiger partial charge in [-0.15, -0.1) is 0 Å². The van der Waals surface area contributed by atoms with Crippen LogP contribution >= 0.6 is 11.6 Å². The minimum atomic E-state index is -3.80. The number of hydrogen-bond donors (Lipinski definition) is 2. The molecule has 0 radical (unpaired) electrons. The molecule has 1 aromatic carbocycles. The average molecular weight is 335 g/mol. The number of benzene rings is 1. The van der Waals surface area contributed by atoms with E-state index in [9.17, 15) is 18.3 Å². The first-order valence-electron chi connectivity index (χ1n) is 6.30. The van der Waals surface area contributed by atoms with E-state index in [-0.39, 0.29) is 15.5 Å². The van der Waals surface area contributed by atoms with Crippen LogP contribution in [0.2, 0.25) is 5.02 Å². The van der Waals surface area contributed by atoms with Gasteiger partial charge in [0.1, 0.15) is 4.90 Å². The lowest BCUT2D eigenvalue weighted by Gasteiger charge is -2.17. The average Bonchev–Trinajstić information content (AvgIpc) is 2.35. The molecule has 21 heavy (non-hydrogen) atoms. The molecule has 0 aliphatic rings. The number of nitrogens with one attached hydrogen (secondary N) is 1. The van der Waals surface area contributed by atoms with Gasteiger partial charge >= 0.3 is 5.97 Å². The SMILES string of the molecule is CC(C)CNc1cc(Cl)c(S(=O)(=O)N(C)C)cc1C(=O)O. The Bertz CT molecular complexity index is 642. The van der Waals surface area contributed by atoms with Crippen LogP contribution in [-0.4, -0.2) is 44.4 Å². The van der Waals surface area contributed by atoms with Gasteiger partial charge in [-0.1, -0.05) is 25.4 Å². The van der Waals surface area contributed by atoms with E-state index in [4.69, 9.17) is 11.6 Å². The first-order valence-corrected chi connectivity index (χ1v) is 8.12. The van der Waals surface area contributed by atoms with Crippen LogP contribution in [-0.2, 0) is 10.0 Å². The topological polar surface area (TPSA) is 86.7 Å². The molecule has 0 aliphatic heterocycles. The van der Waals surface area contributed by atoms with E-state index in [1.54, 1.807) is 0 Å². The lowest BCUT2D eigenvalue weighted by molar-refractivity contribution is 0.0697. The summed E-state index contributed by atoms with van der Waals surface area (Å²) >= 11 is 6.01. The molecule has 0 aromatic heterocycles. The second-order valence-electron chi connectivity index (χ2n) is 5.20. The fourth-order valence-corrected chi connectivity index (χ4v) is 3.01. The van der Waals surface area contributed by atoms with E-state index in [2.05, 4.69) is 5.32 Å². The van der Waals surface area contributed by atoms with E-state index >= 15 is 0 Å². The molecule has 0 saturated carbocycles. The zero-order chi connectivity index (χ0) is 16.4. The number of halogens is 1. The molecule has 6 nitrogen and oxygen atoms in total. The predicted octanol–water partition coefficient (Wildman–Crippen LogP) is 2.36. The molecule has 2 N–H and O–H groups in total. The summed E-state index contributed by atoms with van der Waals surface area (Å²) in [5.41, 5.74) is 0.180. The maximum Gasteiger partial charge on any atom is 0.337 e. The highest BCUT2D eigenvalue weighted by molar-refractivity contribution is 7.89. The van der Waals surface area contributed by atoms with Crippen molar-refractivity contribution < 1.29 is 18.3 Å². The summed E-state index contributed by atoms with van der Waals surface area (Å²) in [4.78, 5) is 11.1. The van der Waals surface area contributed by atoms with E-state index < -0.39 is 16.0 Å². The highest BCUT2D eigenvalue weighted by Gasteiger charge is 2.24. The van der Waals surface area contributed by atoms with Crippen LogP contribution < -0.4 is 5.32 Å². The van der Waals surface area contributed by atoms with Crippen LogP contribution in [0.15, 0.2) is 17.0 Å². The van der Waals surface area contributed by atoms with Crippen molar-refractivity contribution in [3.63, 3.8) is 0 Å². The van der Waals surface area contributed by atoms with Crippen LogP contribution in [0, 0.1) is 5.92 Å². The summed E-state index contributed by atoms with van der Waals surface area (Å²) < 4.78 is 25.3. The highest BCUT2D eigenvalue weighted by atomic mass is 35.5. The van der Waals surface area contributed by atoms with E-state index in [0.717, 1.165) is 10.4 Å². The molecule has 8 heteroatoms. The molecule has 118 valence electrons. The van der Waals surface area contributed by atoms with E-state index in [1.165, 1.54) is 20.2 Å². The number of nitrogens with zero attached hydrogens (tertiary/aromatic N) is 1. The lowest BCUT2D eigenvalue weighted by Crippen LogP contribution is -2.23. The summed E-state index contributed by atoms with van der Waals surface area (Å²) in [5.74, 6) is -0.913. The fraction of sp³-hybridized carbons (Fsp3) is 0.462. The third-order valence-corrected chi connectivity index (χ3v) is 5.04. The van der Waals surface area contributed by atoms with Gasteiger partial charge in [0, 0.05) is 20.6 Å². The monoisotopic (exact) mass is 334 g/mol. The molecule has 0 spiro atoms. The highest BCUT2D eigenvalue weighted by Crippen LogP contribution is 2.30. The van der Waals surface area contributed by atoms with Crippen molar-refractivity contribution in [1.82, 2.24) is 4.31 Å².